The minimum absolute atomic E-state index is 0.0964. The number of allylic oxidation sites excluding steroid dienone is 2. The third-order valence-electron chi connectivity index (χ3n) is 4.62. The first-order valence-electron chi connectivity index (χ1n) is 10.3. The van der Waals surface area contributed by atoms with Gasteiger partial charge in [0.05, 0.1) is 12.1 Å². The lowest BCUT2D eigenvalue weighted by molar-refractivity contribution is 0.0951. The molecule has 4 nitrogen and oxygen atoms in total. The van der Waals surface area contributed by atoms with Gasteiger partial charge in [0.2, 0.25) is 0 Å². The zero-order valence-corrected chi connectivity index (χ0v) is 16.9. The van der Waals surface area contributed by atoms with Crippen molar-refractivity contribution >= 4 is 16.8 Å². The number of aromatic nitrogens is 1. The van der Waals surface area contributed by atoms with Crippen LogP contribution in [0.5, 0.6) is 5.75 Å². The van der Waals surface area contributed by atoms with Gasteiger partial charge in [-0.05, 0) is 61.2 Å². The number of hydrogen-bond acceptors (Lipinski definition) is 3. The van der Waals surface area contributed by atoms with Gasteiger partial charge < -0.3 is 10.1 Å². The van der Waals surface area contributed by atoms with Gasteiger partial charge in [0.25, 0.3) is 5.91 Å². The minimum Gasteiger partial charge on any atom is -0.494 e. The number of fused-ring (bicyclic) bond motifs is 1. The molecule has 0 atom stereocenters. The number of rotatable bonds is 10. The second-order valence-electron chi connectivity index (χ2n) is 6.99. The van der Waals surface area contributed by atoms with E-state index < -0.39 is 0 Å². The van der Waals surface area contributed by atoms with Crippen molar-refractivity contribution in [2.45, 2.75) is 39.2 Å². The fourth-order valence-corrected chi connectivity index (χ4v) is 3.04. The molecular formula is C25H28N2O2. The molecule has 3 aromatic rings. The third-order valence-corrected chi connectivity index (χ3v) is 4.62. The van der Waals surface area contributed by atoms with Crippen molar-refractivity contribution in [3.8, 4) is 5.75 Å². The van der Waals surface area contributed by atoms with E-state index in [9.17, 15) is 4.79 Å². The summed E-state index contributed by atoms with van der Waals surface area (Å²) in [5.74, 6) is 0.743. The molecule has 150 valence electrons. The number of ether oxygens (including phenoxy) is 1. The fraction of sp³-hybridized carbons (Fsp3) is 0.280. The van der Waals surface area contributed by atoms with Crippen LogP contribution in [0.15, 0.2) is 72.9 Å². The van der Waals surface area contributed by atoms with Gasteiger partial charge in [-0.1, -0.05) is 43.7 Å². The Morgan fingerprint density at radius 3 is 2.86 bits per heavy atom. The summed E-state index contributed by atoms with van der Waals surface area (Å²) in [5, 5.41) is 3.94. The van der Waals surface area contributed by atoms with Gasteiger partial charge in [0, 0.05) is 23.7 Å². The van der Waals surface area contributed by atoms with Gasteiger partial charge in [0.15, 0.2) is 0 Å². The summed E-state index contributed by atoms with van der Waals surface area (Å²) in [6, 6.07) is 17.3. The van der Waals surface area contributed by atoms with Crippen LogP contribution in [0.1, 0.15) is 48.5 Å². The molecule has 0 bridgehead atoms. The predicted octanol–water partition coefficient (Wildman–Crippen LogP) is 5.68. The molecule has 0 unspecified atom stereocenters. The van der Waals surface area contributed by atoms with Crippen molar-refractivity contribution in [3.63, 3.8) is 0 Å². The number of nitrogens with zero attached hydrogens (tertiary/aromatic N) is 1. The molecule has 3 rings (SSSR count). The molecular weight excluding hydrogens is 360 g/mol. The number of benzene rings is 2. The molecule has 0 fully saturated rings. The average molecular weight is 389 g/mol. The van der Waals surface area contributed by atoms with Crippen LogP contribution in [0.25, 0.3) is 10.9 Å². The number of carbonyl (C=O) groups excluding carboxylic acids is 1. The second kappa shape index (κ2) is 11.0. The van der Waals surface area contributed by atoms with Crippen molar-refractivity contribution in [2.75, 3.05) is 6.61 Å². The third kappa shape index (κ3) is 6.46. The normalized spacial score (nSPS) is 11.1. The molecule has 1 N–H and O–H groups in total. The minimum atomic E-state index is -0.0964. The Kier molecular flexibility index (Phi) is 7.81. The van der Waals surface area contributed by atoms with Gasteiger partial charge in [-0.3, -0.25) is 9.78 Å². The number of amides is 1. The molecule has 29 heavy (non-hydrogen) atoms. The first-order chi connectivity index (χ1) is 14.3. The second-order valence-corrected chi connectivity index (χ2v) is 6.99. The average Bonchev–Trinajstić information content (AvgIpc) is 2.77. The molecule has 1 amide bonds. The highest BCUT2D eigenvalue weighted by Crippen LogP contribution is 2.15. The van der Waals surface area contributed by atoms with E-state index in [0.717, 1.165) is 41.5 Å². The Balaban J connectivity index is 1.48. The quantitative estimate of drug-likeness (QED) is 0.359. The maximum atomic E-state index is 12.5. The van der Waals surface area contributed by atoms with Crippen molar-refractivity contribution in [1.29, 1.82) is 0 Å². The van der Waals surface area contributed by atoms with Gasteiger partial charge in [-0.15, -0.1) is 0 Å². The van der Waals surface area contributed by atoms with Gasteiger partial charge in [-0.25, -0.2) is 0 Å². The van der Waals surface area contributed by atoms with E-state index in [1.165, 1.54) is 6.42 Å². The van der Waals surface area contributed by atoms with Crippen LogP contribution in [-0.4, -0.2) is 17.5 Å². The molecule has 1 aromatic heterocycles. The highest BCUT2D eigenvalue weighted by atomic mass is 16.5. The van der Waals surface area contributed by atoms with E-state index in [1.807, 2.05) is 48.5 Å². The molecule has 0 spiro atoms. The zero-order chi connectivity index (χ0) is 20.3. The van der Waals surface area contributed by atoms with E-state index in [4.69, 9.17) is 4.74 Å². The van der Waals surface area contributed by atoms with Crippen LogP contribution in [0.3, 0.4) is 0 Å². The molecule has 4 heteroatoms. The highest BCUT2D eigenvalue weighted by molar-refractivity contribution is 5.97. The SMILES string of the molecule is CCCC=CCCCOc1cccc(CNC(=O)c2ccc3ncccc3c2)c1. The maximum Gasteiger partial charge on any atom is 0.251 e. The summed E-state index contributed by atoms with van der Waals surface area (Å²) in [4.78, 5) is 16.8. The van der Waals surface area contributed by atoms with E-state index in [-0.39, 0.29) is 5.91 Å². The predicted molar refractivity (Wildman–Crippen MR) is 118 cm³/mol. The Morgan fingerprint density at radius 2 is 1.97 bits per heavy atom. The Morgan fingerprint density at radius 1 is 1.07 bits per heavy atom. The lowest BCUT2D eigenvalue weighted by Crippen LogP contribution is -2.22. The standard InChI is InChI=1S/C25H28N2O2/c1-2-3-4-5-6-7-16-29-23-12-8-10-20(17-23)19-27-25(28)22-13-14-24-21(18-22)11-9-15-26-24/h4-5,8-15,17-18H,2-3,6-7,16,19H2,1H3,(H,27,28). The molecule has 0 aliphatic heterocycles. The first-order valence-corrected chi connectivity index (χ1v) is 10.3. The largest absolute Gasteiger partial charge is 0.494 e. The molecule has 0 radical (unpaired) electrons. The van der Waals surface area contributed by atoms with Crippen molar-refractivity contribution < 1.29 is 9.53 Å². The lowest BCUT2D eigenvalue weighted by atomic mass is 10.1. The summed E-state index contributed by atoms with van der Waals surface area (Å²) >= 11 is 0. The number of carbonyl (C=O) groups is 1. The monoisotopic (exact) mass is 388 g/mol. The fourth-order valence-electron chi connectivity index (χ4n) is 3.04. The van der Waals surface area contributed by atoms with Gasteiger partial charge >= 0.3 is 0 Å². The highest BCUT2D eigenvalue weighted by Gasteiger charge is 2.07. The lowest BCUT2D eigenvalue weighted by Gasteiger charge is -2.09. The molecule has 2 aromatic carbocycles. The van der Waals surface area contributed by atoms with Crippen molar-refractivity contribution in [3.05, 3.63) is 84.1 Å². The Labute approximate surface area is 172 Å². The van der Waals surface area contributed by atoms with Gasteiger partial charge in [-0.2, -0.15) is 0 Å². The molecule has 0 aliphatic rings. The van der Waals surface area contributed by atoms with Crippen LogP contribution in [0, 0.1) is 0 Å². The molecule has 0 aliphatic carbocycles. The topological polar surface area (TPSA) is 51.2 Å². The molecule has 1 heterocycles. The van der Waals surface area contributed by atoms with Crippen LogP contribution < -0.4 is 10.1 Å². The van der Waals surface area contributed by atoms with Crippen LogP contribution >= 0.6 is 0 Å². The summed E-state index contributed by atoms with van der Waals surface area (Å²) < 4.78 is 5.84. The van der Waals surface area contributed by atoms with E-state index in [0.29, 0.717) is 18.7 Å². The Hall–Kier alpha value is -3.14. The van der Waals surface area contributed by atoms with E-state index >= 15 is 0 Å². The number of nitrogens with one attached hydrogen (secondary N) is 1. The van der Waals surface area contributed by atoms with Crippen LogP contribution in [0.4, 0.5) is 0 Å². The maximum absolute atomic E-state index is 12.5. The zero-order valence-electron chi connectivity index (χ0n) is 16.9. The van der Waals surface area contributed by atoms with E-state index in [2.05, 4.69) is 29.4 Å². The summed E-state index contributed by atoms with van der Waals surface area (Å²) in [6.45, 7) is 3.33. The summed E-state index contributed by atoms with van der Waals surface area (Å²) in [7, 11) is 0. The van der Waals surface area contributed by atoms with Crippen LogP contribution in [0.2, 0.25) is 0 Å². The Bertz CT molecular complexity index is 966. The van der Waals surface area contributed by atoms with Crippen molar-refractivity contribution in [2.24, 2.45) is 0 Å². The van der Waals surface area contributed by atoms with Crippen LogP contribution in [-0.2, 0) is 6.54 Å². The summed E-state index contributed by atoms with van der Waals surface area (Å²) in [5.41, 5.74) is 2.53. The number of hydrogen-bond donors (Lipinski definition) is 1. The number of pyridine rings is 1. The van der Waals surface area contributed by atoms with Crippen molar-refractivity contribution in [1.82, 2.24) is 10.3 Å². The molecule has 0 saturated heterocycles. The molecule has 0 saturated carbocycles. The van der Waals surface area contributed by atoms with E-state index in [1.54, 1.807) is 12.3 Å². The number of unbranched alkanes of at least 4 members (excludes halogenated alkanes) is 2. The smallest absolute Gasteiger partial charge is 0.251 e. The first kappa shape index (κ1) is 20.6. The van der Waals surface area contributed by atoms with Gasteiger partial charge in [0.1, 0.15) is 5.75 Å². The summed E-state index contributed by atoms with van der Waals surface area (Å²) in [6.07, 6.45) is 10.6.